The number of aromatic nitrogens is 6. The van der Waals surface area contributed by atoms with Gasteiger partial charge >= 0.3 is 0 Å². The summed E-state index contributed by atoms with van der Waals surface area (Å²) in [6.45, 7) is 6.21. The number of pyridine rings is 2. The van der Waals surface area contributed by atoms with Gasteiger partial charge < -0.3 is 20.9 Å². The largest absolute Gasteiger partial charge is 0.474 e. The number of halogens is 2. The number of hydrogen-bond acceptors (Lipinski definition) is 10. The van der Waals surface area contributed by atoms with Gasteiger partial charge in [-0.3, -0.25) is 9.88 Å². The second-order valence-corrected chi connectivity index (χ2v) is 10.6. The molecule has 2 atom stereocenters. The molecule has 1 fully saturated rings. The minimum absolute atomic E-state index is 0.184. The average molecular weight is 582 g/mol. The number of aryl methyl sites for hydroxylation is 2. The van der Waals surface area contributed by atoms with E-state index in [-0.39, 0.29) is 23.1 Å². The van der Waals surface area contributed by atoms with Crippen molar-refractivity contribution in [2.45, 2.75) is 45.4 Å². The molecule has 0 amide bonds. The molecule has 4 aromatic heterocycles. The molecule has 0 aliphatic carbocycles. The number of nitrogen functional groups attached to an aromatic ring is 1. The Bertz CT molecular complexity index is 1530. The number of nitrogens with two attached hydrogens (primary N) is 1. The second-order valence-electron chi connectivity index (χ2n) is 10.2. The van der Waals surface area contributed by atoms with E-state index in [1.807, 2.05) is 13.8 Å². The van der Waals surface area contributed by atoms with Crippen LogP contribution in [0.4, 0.5) is 15.9 Å². The summed E-state index contributed by atoms with van der Waals surface area (Å²) in [6, 6.07) is 4.77. The third kappa shape index (κ3) is 6.72. The van der Waals surface area contributed by atoms with E-state index < -0.39 is 5.82 Å². The topological polar surface area (TPSA) is 140 Å². The summed E-state index contributed by atoms with van der Waals surface area (Å²) in [4.78, 5) is 19.3. The highest BCUT2D eigenvalue weighted by Crippen LogP contribution is 2.33. The van der Waals surface area contributed by atoms with E-state index >= 15 is 4.39 Å². The molecule has 0 spiro atoms. The smallest absolute Gasteiger partial charge is 0.223 e. The fourth-order valence-corrected chi connectivity index (χ4v) is 5.08. The van der Waals surface area contributed by atoms with E-state index in [9.17, 15) is 5.11 Å². The highest BCUT2D eigenvalue weighted by Gasteiger charge is 2.23. The molecule has 0 bridgehead atoms. The molecule has 4 N–H and O–H groups in total. The van der Waals surface area contributed by atoms with Gasteiger partial charge in [0, 0.05) is 69.5 Å². The van der Waals surface area contributed by atoms with Crippen LogP contribution in [-0.2, 0) is 13.6 Å². The Morgan fingerprint density at radius 1 is 1.27 bits per heavy atom. The van der Waals surface area contributed by atoms with Crippen molar-refractivity contribution in [3.63, 3.8) is 0 Å². The number of rotatable bonds is 10. The Morgan fingerprint density at radius 2 is 2.10 bits per heavy atom. The lowest BCUT2D eigenvalue weighted by atomic mass is 10.1. The van der Waals surface area contributed by atoms with E-state index in [4.69, 9.17) is 22.1 Å². The van der Waals surface area contributed by atoms with E-state index in [1.54, 1.807) is 36.3 Å². The first-order chi connectivity index (χ1) is 19.7. The lowest BCUT2D eigenvalue weighted by Gasteiger charge is -2.18. The predicted molar refractivity (Wildman–Crippen MR) is 155 cm³/mol. The number of nitrogens with one attached hydrogen (secondary N) is 1. The van der Waals surface area contributed by atoms with Crippen molar-refractivity contribution >= 4 is 23.1 Å². The summed E-state index contributed by atoms with van der Waals surface area (Å²) in [5.41, 5.74) is 9.33. The zero-order valence-corrected chi connectivity index (χ0v) is 23.9. The summed E-state index contributed by atoms with van der Waals surface area (Å²) in [5, 5.41) is 17.9. The summed E-state index contributed by atoms with van der Waals surface area (Å²) >= 11 is 6.19. The molecular formula is C28H33ClFN9O2. The highest BCUT2D eigenvalue weighted by molar-refractivity contribution is 6.29. The molecule has 0 saturated carbocycles. The Morgan fingerprint density at radius 3 is 2.83 bits per heavy atom. The molecule has 0 aromatic carbocycles. The fourth-order valence-electron chi connectivity index (χ4n) is 4.92. The van der Waals surface area contributed by atoms with Gasteiger partial charge in [0.1, 0.15) is 28.0 Å². The van der Waals surface area contributed by atoms with Gasteiger partial charge in [0.05, 0.1) is 17.9 Å². The van der Waals surface area contributed by atoms with Gasteiger partial charge in [-0.2, -0.15) is 5.10 Å². The maximum absolute atomic E-state index is 15.2. The van der Waals surface area contributed by atoms with E-state index in [0.717, 1.165) is 24.2 Å². The molecular weight excluding hydrogens is 549 g/mol. The molecule has 0 unspecified atom stereocenters. The SMILES string of the molecule is Cc1nn(C)c(O[C@@H](C)CCNc2cc(Cl)ncc2-c2ncc(CN3CC[C@@H](O)C3)cc2F)c1-c1nccc(N)n1. The first-order valence-electron chi connectivity index (χ1n) is 13.4. The summed E-state index contributed by atoms with van der Waals surface area (Å²) in [6.07, 6.45) is 5.57. The minimum atomic E-state index is -0.450. The number of aliphatic hydroxyl groups excluding tert-OH is 1. The quantitative estimate of drug-likeness (QED) is 0.236. The minimum Gasteiger partial charge on any atom is -0.474 e. The molecule has 216 valence electrons. The molecule has 5 rings (SSSR count). The van der Waals surface area contributed by atoms with Crippen molar-refractivity contribution in [2.75, 3.05) is 30.7 Å². The first-order valence-corrected chi connectivity index (χ1v) is 13.8. The van der Waals surface area contributed by atoms with Crippen molar-refractivity contribution in [3.05, 3.63) is 59.0 Å². The highest BCUT2D eigenvalue weighted by atomic mass is 35.5. The number of aliphatic hydroxyl groups is 1. The zero-order chi connectivity index (χ0) is 29.1. The van der Waals surface area contributed by atoms with Crippen molar-refractivity contribution in [1.82, 2.24) is 34.6 Å². The molecule has 1 saturated heterocycles. The van der Waals surface area contributed by atoms with Crippen molar-refractivity contribution in [2.24, 2.45) is 7.05 Å². The molecule has 0 radical (unpaired) electrons. The van der Waals surface area contributed by atoms with Crippen LogP contribution in [0.2, 0.25) is 5.15 Å². The first kappa shape index (κ1) is 28.7. The van der Waals surface area contributed by atoms with Gasteiger partial charge in [-0.05, 0) is 44.0 Å². The normalized spacial score (nSPS) is 16.2. The van der Waals surface area contributed by atoms with E-state index in [1.165, 1.54) is 12.3 Å². The van der Waals surface area contributed by atoms with Crippen LogP contribution < -0.4 is 15.8 Å². The van der Waals surface area contributed by atoms with Gasteiger partial charge in [0.2, 0.25) is 5.88 Å². The van der Waals surface area contributed by atoms with Crippen LogP contribution in [0.5, 0.6) is 5.88 Å². The van der Waals surface area contributed by atoms with Crippen LogP contribution in [0.3, 0.4) is 0 Å². The monoisotopic (exact) mass is 581 g/mol. The van der Waals surface area contributed by atoms with Crippen LogP contribution in [0, 0.1) is 12.7 Å². The molecule has 41 heavy (non-hydrogen) atoms. The zero-order valence-electron chi connectivity index (χ0n) is 23.2. The van der Waals surface area contributed by atoms with Crippen molar-refractivity contribution in [1.29, 1.82) is 0 Å². The number of nitrogens with zero attached hydrogens (tertiary/aromatic N) is 7. The standard InChI is InChI=1S/C28H33ClFN9O2/c1-16(41-28-25(17(2)37-38(28)3)27-33-8-5-24(31)36-27)4-7-32-22-11-23(29)34-13-20(22)26-21(30)10-18(12-35-26)14-39-9-6-19(40)15-39/h5,8,10-13,16,19,40H,4,6-7,9,14-15H2,1-3H3,(H,32,34)(H2,31,33,36)/t16-,19+/m0/s1. The van der Waals surface area contributed by atoms with Crippen LogP contribution in [0.1, 0.15) is 31.0 Å². The number of ether oxygens (including phenoxy) is 1. The third-order valence-electron chi connectivity index (χ3n) is 6.93. The maximum atomic E-state index is 15.2. The molecule has 11 nitrogen and oxygen atoms in total. The van der Waals surface area contributed by atoms with E-state index in [2.05, 4.69) is 35.3 Å². The van der Waals surface area contributed by atoms with Crippen LogP contribution >= 0.6 is 11.6 Å². The molecule has 1 aliphatic heterocycles. The van der Waals surface area contributed by atoms with Crippen LogP contribution in [0.15, 0.2) is 36.8 Å². The number of anilines is 2. The van der Waals surface area contributed by atoms with Crippen molar-refractivity contribution < 1.29 is 14.2 Å². The average Bonchev–Trinajstić information content (AvgIpc) is 3.45. The molecule has 13 heteroatoms. The van der Waals surface area contributed by atoms with Gasteiger partial charge in [0.25, 0.3) is 0 Å². The summed E-state index contributed by atoms with van der Waals surface area (Å²) in [7, 11) is 1.80. The van der Waals surface area contributed by atoms with Crippen molar-refractivity contribution in [3.8, 4) is 28.5 Å². The van der Waals surface area contributed by atoms with Gasteiger partial charge in [0.15, 0.2) is 5.82 Å². The Hall–Kier alpha value is -3.87. The Labute approximate surface area is 242 Å². The molecule has 1 aliphatic rings. The lowest BCUT2D eigenvalue weighted by Crippen LogP contribution is -2.21. The number of likely N-dealkylation sites (tertiary alicyclic amines) is 1. The Balaban J connectivity index is 1.26. The number of hydrogen-bond donors (Lipinski definition) is 3. The van der Waals surface area contributed by atoms with Crippen LogP contribution in [0.25, 0.3) is 22.6 Å². The van der Waals surface area contributed by atoms with E-state index in [0.29, 0.717) is 60.4 Å². The predicted octanol–water partition coefficient (Wildman–Crippen LogP) is 3.85. The van der Waals surface area contributed by atoms with Crippen LogP contribution in [-0.4, -0.2) is 71.6 Å². The summed E-state index contributed by atoms with van der Waals surface area (Å²) in [5.74, 6) is 0.905. The summed E-state index contributed by atoms with van der Waals surface area (Å²) < 4.78 is 23.2. The fraction of sp³-hybridized carbons (Fsp3) is 0.393. The lowest BCUT2D eigenvalue weighted by molar-refractivity contribution is 0.174. The molecule has 4 aromatic rings. The Kier molecular flexibility index (Phi) is 8.62. The number of β-amino-alcohol motifs (C(OH)–C–C–N with tert-alkyl or cyclic N) is 1. The maximum Gasteiger partial charge on any atom is 0.223 e. The van der Waals surface area contributed by atoms with Gasteiger partial charge in [-0.1, -0.05) is 11.6 Å². The molecule has 5 heterocycles. The third-order valence-corrected chi connectivity index (χ3v) is 7.13. The van der Waals surface area contributed by atoms with Gasteiger partial charge in [-0.25, -0.2) is 24.0 Å². The second kappa shape index (κ2) is 12.3. The van der Waals surface area contributed by atoms with Gasteiger partial charge in [-0.15, -0.1) is 0 Å².